The minimum atomic E-state index is -0.203. The number of aryl methyl sites for hydroxylation is 1. The Morgan fingerprint density at radius 3 is 2.26 bits per heavy atom. The lowest BCUT2D eigenvalue weighted by Gasteiger charge is -2.30. The molecule has 0 unspecified atom stereocenters. The van der Waals surface area contributed by atoms with Gasteiger partial charge in [0.15, 0.2) is 5.78 Å². The number of carbonyl (C=O) groups excluding carboxylic acids is 1. The third-order valence-electron chi connectivity index (χ3n) is 5.80. The first-order valence-corrected chi connectivity index (χ1v) is 10.7. The molecule has 0 radical (unpaired) electrons. The molecule has 3 heteroatoms. The average molecular weight is 413 g/mol. The Labute approximate surface area is 184 Å². The number of ether oxygens (including phenoxy) is 1. The number of hydrogen-bond acceptors (Lipinski definition) is 3. The fourth-order valence-corrected chi connectivity index (χ4v) is 4.15. The lowest BCUT2D eigenvalue weighted by molar-refractivity contribution is -0.116. The molecule has 1 aliphatic carbocycles. The summed E-state index contributed by atoms with van der Waals surface area (Å²) >= 11 is 0. The molecule has 0 heterocycles. The second-order valence-electron chi connectivity index (χ2n) is 9.09. The number of Topliss-reactive ketones (excluding diaryl/α,β-unsaturated/α-hetero) is 1. The van der Waals surface area contributed by atoms with E-state index in [4.69, 9.17) is 4.74 Å². The molecule has 0 aromatic heterocycles. The van der Waals surface area contributed by atoms with Gasteiger partial charge in [0.2, 0.25) is 0 Å². The van der Waals surface area contributed by atoms with Crippen LogP contribution in [-0.2, 0) is 11.4 Å². The van der Waals surface area contributed by atoms with Gasteiger partial charge in [-0.2, -0.15) is 0 Å². The van der Waals surface area contributed by atoms with Crippen LogP contribution in [0.5, 0.6) is 5.75 Å². The molecule has 0 spiro atoms. The van der Waals surface area contributed by atoms with Crippen LogP contribution in [0.25, 0.3) is 16.7 Å². The number of aliphatic hydroxyl groups is 1. The number of allylic oxidation sites excluding steroid dienone is 2. The zero-order valence-corrected chi connectivity index (χ0v) is 18.3. The highest BCUT2D eigenvalue weighted by atomic mass is 16.5. The van der Waals surface area contributed by atoms with Crippen LogP contribution >= 0.6 is 0 Å². The Hall–Kier alpha value is -3.33. The van der Waals surface area contributed by atoms with Gasteiger partial charge in [0.1, 0.15) is 18.1 Å². The van der Waals surface area contributed by atoms with E-state index >= 15 is 0 Å². The number of rotatable bonds is 5. The minimum Gasteiger partial charge on any atom is -0.512 e. The number of ketones is 1. The molecule has 158 valence electrons. The van der Waals surface area contributed by atoms with E-state index in [9.17, 15) is 9.90 Å². The van der Waals surface area contributed by atoms with Crippen LogP contribution in [-0.4, -0.2) is 10.9 Å². The molecular weight excluding hydrogens is 384 g/mol. The summed E-state index contributed by atoms with van der Waals surface area (Å²) in [5.74, 6) is 1.02. The molecule has 3 aromatic rings. The highest BCUT2D eigenvalue weighted by molar-refractivity contribution is 6.22. The van der Waals surface area contributed by atoms with E-state index in [0.717, 1.165) is 33.6 Å². The van der Waals surface area contributed by atoms with Gasteiger partial charge >= 0.3 is 0 Å². The molecule has 1 N–H and O–H groups in total. The quantitative estimate of drug-likeness (QED) is 0.496. The first-order valence-electron chi connectivity index (χ1n) is 10.7. The van der Waals surface area contributed by atoms with E-state index in [1.165, 1.54) is 0 Å². The van der Waals surface area contributed by atoms with Crippen molar-refractivity contribution >= 4 is 11.4 Å². The largest absolute Gasteiger partial charge is 0.512 e. The van der Waals surface area contributed by atoms with E-state index < -0.39 is 0 Å². The topological polar surface area (TPSA) is 46.5 Å². The van der Waals surface area contributed by atoms with Crippen molar-refractivity contribution in [2.75, 3.05) is 0 Å². The number of benzene rings is 3. The van der Waals surface area contributed by atoms with Gasteiger partial charge in [0.05, 0.1) is 5.57 Å². The van der Waals surface area contributed by atoms with Crippen LogP contribution in [0, 0.1) is 12.3 Å². The van der Waals surface area contributed by atoms with Gasteiger partial charge in [-0.3, -0.25) is 4.79 Å². The predicted octanol–water partition coefficient (Wildman–Crippen LogP) is 6.90. The molecule has 0 bridgehead atoms. The van der Waals surface area contributed by atoms with Crippen LogP contribution in [0.15, 0.2) is 78.6 Å². The van der Waals surface area contributed by atoms with Gasteiger partial charge in [-0.15, -0.1) is 0 Å². The van der Waals surface area contributed by atoms with Gasteiger partial charge in [-0.25, -0.2) is 0 Å². The van der Waals surface area contributed by atoms with Crippen molar-refractivity contribution < 1.29 is 14.6 Å². The molecule has 3 aromatic carbocycles. The summed E-state index contributed by atoms with van der Waals surface area (Å²) in [4.78, 5) is 12.8. The third-order valence-corrected chi connectivity index (χ3v) is 5.80. The van der Waals surface area contributed by atoms with E-state index in [1.54, 1.807) is 0 Å². The lowest BCUT2D eigenvalue weighted by atomic mass is 9.74. The van der Waals surface area contributed by atoms with Crippen molar-refractivity contribution in [1.82, 2.24) is 0 Å². The van der Waals surface area contributed by atoms with Crippen molar-refractivity contribution in [2.45, 2.75) is 40.2 Å². The average Bonchev–Trinajstić information content (AvgIpc) is 2.73. The summed E-state index contributed by atoms with van der Waals surface area (Å²) in [6.07, 6.45) is 0.967. The van der Waals surface area contributed by atoms with Crippen molar-refractivity contribution in [3.8, 4) is 16.9 Å². The van der Waals surface area contributed by atoms with Gasteiger partial charge in [0, 0.05) is 12.8 Å². The summed E-state index contributed by atoms with van der Waals surface area (Å²) in [6, 6.07) is 24.1. The molecule has 4 rings (SSSR count). The Morgan fingerprint density at radius 1 is 0.903 bits per heavy atom. The van der Waals surface area contributed by atoms with E-state index in [2.05, 4.69) is 0 Å². The van der Waals surface area contributed by atoms with Crippen LogP contribution < -0.4 is 4.74 Å². The summed E-state index contributed by atoms with van der Waals surface area (Å²) in [7, 11) is 0. The van der Waals surface area contributed by atoms with E-state index in [1.807, 2.05) is 93.6 Å². The minimum absolute atomic E-state index is 0.0126. The number of hydrogen-bond donors (Lipinski definition) is 1. The number of aliphatic hydroxyl groups excluding tert-OH is 1. The summed E-state index contributed by atoms with van der Waals surface area (Å²) in [5.41, 5.74) is 5.25. The molecule has 0 saturated carbocycles. The highest BCUT2D eigenvalue weighted by Crippen LogP contribution is 2.40. The molecule has 0 saturated heterocycles. The second kappa shape index (κ2) is 8.43. The summed E-state index contributed by atoms with van der Waals surface area (Å²) < 4.78 is 5.88. The molecule has 0 amide bonds. The molecular formula is C28H28O3. The first-order chi connectivity index (χ1) is 14.8. The summed E-state index contributed by atoms with van der Waals surface area (Å²) in [5, 5.41) is 10.6. The number of carbonyl (C=O) groups is 1. The molecule has 0 atom stereocenters. The SMILES string of the molecule is Cc1ccc(-c2ccc(OCc3ccccc3)cc2)cc1C1=C(O)CC(C)(C)CC1=O. The molecule has 0 aliphatic heterocycles. The Balaban J connectivity index is 1.58. The van der Waals surface area contributed by atoms with E-state index in [0.29, 0.717) is 25.0 Å². The fourth-order valence-electron chi connectivity index (χ4n) is 4.15. The molecule has 3 nitrogen and oxygen atoms in total. The second-order valence-corrected chi connectivity index (χ2v) is 9.09. The van der Waals surface area contributed by atoms with Crippen molar-refractivity contribution in [2.24, 2.45) is 5.41 Å². The Kier molecular flexibility index (Phi) is 5.69. The van der Waals surface area contributed by atoms with Crippen molar-refractivity contribution in [1.29, 1.82) is 0 Å². The molecule has 31 heavy (non-hydrogen) atoms. The van der Waals surface area contributed by atoms with Crippen LogP contribution in [0.4, 0.5) is 0 Å². The van der Waals surface area contributed by atoms with Crippen LogP contribution in [0.3, 0.4) is 0 Å². The normalized spacial score (nSPS) is 15.8. The standard InChI is InChI=1S/C28H28O3/c1-19-9-10-22(15-24(19)27-25(29)16-28(2,3)17-26(27)30)21-11-13-23(14-12-21)31-18-20-7-5-4-6-8-20/h4-15,29H,16-18H2,1-3H3. The van der Waals surface area contributed by atoms with Crippen LogP contribution in [0.1, 0.15) is 43.4 Å². The maximum absolute atomic E-state index is 12.8. The van der Waals surface area contributed by atoms with E-state index in [-0.39, 0.29) is 17.0 Å². The Morgan fingerprint density at radius 2 is 1.58 bits per heavy atom. The highest BCUT2D eigenvalue weighted by Gasteiger charge is 2.34. The van der Waals surface area contributed by atoms with Gasteiger partial charge < -0.3 is 9.84 Å². The predicted molar refractivity (Wildman–Crippen MR) is 125 cm³/mol. The zero-order chi connectivity index (χ0) is 22.0. The summed E-state index contributed by atoms with van der Waals surface area (Å²) in [6.45, 7) is 6.54. The van der Waals surface area contributed by atoms with Gasteiger partial charge in [0.25, 0.3) is 0 Å². The molecule has 1 aliphatic rings. The van der Waals surface area contributed by atoms with Crippen LogP contribution in [0.2, 0.25) is 0 Å². The monoisotopic (exact) mass is 412 g/mol. The first kappa shape index (κ1) is 20.9. The smallest absolute Gasteiger partial charge is 0.167 e. The third kappa shape index (κ3) is 4.72. The maximum atomic E-state index is 12.8. The van der Waals surface area contributed by atoms with Crippen molar-refractivity contribution in [3.63, 3.8) is 0 Å². The Bertz CT molecular complexity index is 1120. The maximum Gasteiger partial charge on any atom is 0.167 e. The fraction of sp³-hybridized carbons (Fsp3) is 0.250. The van der Waals surface area contributed by atoms with Gasteiger partial charge in [-0.05, 0) is 58.4 Å². The van der Waals surface area contributed by atoms with Gasteiger partial charge in [-0.1, -0.05) is 68.4 Å². The zero-order valence-electron chi connectivity index (χ0n) is 18.3. The van der Waals surface area contributed by atoms with Crippen molar-refractivity contribution in [3.05, 3.63) is 95.2 Å². The molecule has 0 fully saturated rings. The lowest BCUT2D eigenvalue weighted by Crippen LogP contribution is -2.25.